The zero-order valence-corrected chi connectivity index (χ0v) is 15.9. The fourth-order valence-electron chi connectivity index (χ4n) is 2.29. The summed E-state index contributed by atoms with van der Waals surface area (Å²) in [5.74, 6) is 0.366. The smallest absolute Gasteiger partial charge is 0.251 e. The van der Waals surface area contributed by atoms with E-state index in [-0.39, 0.29) is 18.4 Å². The number of hydrogen-bond acceptors (Lipinski definition) is 5. The normalized spacial score (nSPS) is 10.0. The average Bonchev–Trinajstić information content (AvgIpc) is 2.72. The van der Waals surface area contributed by atoms with Crippen molar-refractivity contribution in [3.63, 3.8) is 0 Å². The molecule has 0 aliphatic heterocycles. The highest BCUT2D eigenvalue weighted by Crippen LogP contribution is 2.16. The van der Waals surface area contributed by atoms with E-state index in [0.29, 0.717) is 36.8 Å². The van der Waals surface area contributed by atoms with Gasteiger partial charge in [-0.25, -0.2) is 0 Å². The molecule has 7 heteroatoms. The SMILES string of the molecule is C=CCOc1ccc(NC(=O)CNc2ccc(C(=O)NCCOC)cc2)cc1. The second-order valence-electron chi connectivity index (χ2n) is 5.85. The summed E-state index contributed by atoms with van der Waals surface area (Å²) in [5.41, 5.74) is 1.97. The van der Waals surface area contributed by atoms with Gasteiger partial charge in [0.1, 0.15) is 12.4 Å². The summed E-state index contributed by atoms with van der Waals surface area (Å²) < 4.78 is 10.3. The predicted molar refractivity (Wildman–Crippen MR) is 110 cm³/mol. The quantitative estimate of drug-likeness (QED) is 0.410. The van der Waals surface area contributed by atoms with E-state index in [1.807, 2.05) is 0 Å². The van der Waals surface area contributed by atoms with E-state index in [9.17, 15) is 9.59 Å². The second kappa shape index (κ2) is 11.4. The highest BCUT2D eigenvalue weighted by atomic mass is 16.5. The molecule has 0 spiro atoms. The van der Waals surface area contributed by atoms with Crippen molar-refractivity contribution in [2.24, 2.45) is 0 Å². The third-order valence-corrected chi connectivity index (χ3v) is 3.70. The number of benzene rings is 2. The molecular weight excluding hydrogens is 358 g/mol. The first-order chi connectivity index (χ1) is 13.6. The highest BCUT2D eigenvalue weighted by molar-refractivity contribution is 5.95. The zero-order chi connectivity index (χ0) is 20.2. The van der Waals surface area contributed by atoms with Gasteiger partial charge in [-0.05, 0) is 48.5 Å². The summed E-state index contributed by atoms with van der Waals surface area (Å²) in [7, 11) is 1.58. The summed E-state index contributed by atoms with van der Waals surface area (Å²) in [6, 6.07) is 14.0. The number of carbonyl (C=O) groups excluding carboxylic acids is 2. The third kappa shape index (κ3) is 7.13. The maximum Gasteiger partial charge on any atom is 0.251 e. The molecule has 2 aromatic rings. The number of nitrogens with one attached hydrogen (secondary N) is 3. The van der Waals surface area contributed by atoms with Crippen LogP contribution >= 0.6 is 0 Å². The van der Waals surface area contributed by atoms with Crippen LogP contribution in [0.2, 0.25) is 0 Å². The van der Waals surface area contributed by atoms with E-state index in [1.165, 1.54) is 0 Å². The minimum atomic E-state index is -0.179. The molecule has 0 bridgehead atoms. The van der Waals surface area contributed by atoms with Gasteiger partial charge in [-0.1, -0.05) is 12.7 Å². The van der Waals surface area contributed by atoms with Gasteiger partial charge in [-0.2, -0.15) is 0 Å². The van der Waals surface area contributed by atoms with E-state index in [0.717, 1.165) is 5.69 Å². The van der Waals surface area contributed by atoms with Gasteiger partial charge in [-0.3, -0.25) is 9.59 Å². The Bertz CT molecular complexity index is 773. The monoisotopic (exact) mass is 383 g/mol. The molecule has 0 saturated heterocycles. The van der Waals surface area contributed by atoms with Crippen LogP contribution in [0.25, 0.3) is 0 Å². The largest absolute Gasteiger partial charge is 0.490 e. The first-order valence-corrected chi connectivity index (χ1v) is 8.87. The van der Waals surface area contributed by atoms with Crippen LogP contribution in [0.3, 0.4) is 0 Å². The van der Waals surface area contributed by atoms with Crippen LogP contribution in [-0.2, 0) is 9.53 Å². The molecule has 0 heterocycles. The Morgan fingerprint density at radius 1 is 1.04 bits per heavy atom. The maximum absolute atomic E-state index is 12.1. The molecule has 2 rings (SSSR count). The van der Waals surface area contributed by atoms with E-state index >= 15 is 0 Å². The van der Waals surface area contributed by atoms with Crippen molar-refractivity contribution >= 4 is 23.2 Å². The van der Waals surface area contributed by atoms with Gasteiger partial charge in [0.05, 0.1) is 13.2 Å². The second-order valence-corrected chi connectivity index (χ2v) is 5.85. The van der Waals surface area contributed by atoms with Crippen molar-refractivity contribution < 1.29 is 19.1 Å². The standard InChI is InChI=1S/C21H25N3O4/c1-3-13-28-19-10-8-18(9-11-19)24-20(25)15-23-17-6-4-16(5-7-17)21(26)22-12-14-27-2/h3-11,23H,1,12-15H2,2H3,(H,22,26)(H,24,25). The van der Waals surface area contributed by atoms with Gasteiger partial charge < -0.3 is 25.4 Å². The lowest BCUT2D eigenvalue weighted by atomic mass is 10.2. The highest BCUT2D eigenvalue weighted by Gasteiger charge is 2.06. The lowest BCUT2D eigenvalue weighted by molar-refractivity contribution is -0.114. The number of anilines is 2. The lowest BCUT2D eigenvalue weighted by Gasteiger charge is -2.10. The Kier molecular flexibility index (Phi) is 8.55. The van der Waals surface area contributed by atoms with Crippen molar-refractivity contribution in [2.45, 2.75) is 0 Å². The molecule has 0 fully saturated rings. The van der Waals surface area contributed by atoms with Crippen LogP contribution in [0, 0.1) is 0 Å². The molecule has 3 N–H and O–H groups in total. The Hall–Kier alpha value is -3.32. The van der Waals surface area contributed by atoms with Gasteiger partial charge >= 0.3 is 0 Å². The van der Waals surface area contributed by atoms with Gasteiger partial charge in [0.25, 0.3) is 5.91 Å². The molecule has 0 radical (unpaired) electrons. The summed E-state index contributed by atoms with van der Waals surface area (Å²) >= 11 is 0. The van der Waals surface area contributed by atoms with Gasteiger partial charge in [-0.15, -0.1) is 0 Å². The van der Waals surface area contributed by atoms with E-state index in [1.54, 1.807) is 61.7 Å². The minimum absolute atomic E-state index is 0.105. The van der Waals surface area contributed by atoms with Crippen LogP contribution < -0.4 is 20.7 Å². The predicted octanol–water partition coefficient (Wildman–Crippen LogP) is 2.68. The summed E-state index contributed by atoms with van der Waals surface area (Å²) in [5, 5.41) is 8.57. The first kappa shape index (κ1) is 21.0. The van der Waals surface area contributed by atoms with Gasteiger partial charge in [0.15, 0.2) is 0 Å². The fourth-order valence-corrected chi connectivity index (χ4v) is 2.29. The molecule has 2 aromatic carbocycles. The van der Waals surface area contributed by atoms with Crippen molar-refractivity contribution in [3.8, 4) is 5.75 Å². The minimum Gasteiger partial charge on any atom is -0.490 e. The number of methoxy groups -OCH3 is 1. The van der Waals surface area contributed by atoms with Crippen molar-refractivity contribution in [1.82, 2.24) is 5.32 Å². The van der Waals surface area contributed by atoms with E-state index in [4.69, 9.17) is 9.47 Å². The Morgan fingerprint density at radius 3 is 2.36 bits per heavy atom. The average molecular weight is 383 g/mol. The first-order valence-electron chi connectivity index (χ1n) is 8.87. The van der Waals surface area contributed by atoms with Crippen LogP contribution in [0.1, 0.15) is 10.4 Å². The molecule has 0 aromatic heterocycles. The van der Waals surface area contributed by atoms with E-state index < -0.39 is 0 Å². The number of carbonyl (C=O) groups is 2. The summed E-state index contributed by atoms with van der Waals surface area (Å²) in [6.45, 7) is 5.05. The Labute approximate surface area is 164 Å². The van der Waals surface area contributed by atoms with Crippen molar-refractivity contribution in [1.29, 1.82) is 0 Å². The molecule has 0 unspecified atom stereocenters. The maximum atomic E-state index is 12.1. The Morgan fingerprint density at radius 2 is 1.71 bits per heavy atom. The molecule has 0 aliphatic carbocycles. The number of ether oxygens (including phenoxy) is 2. The Balaban J connectivity index is 1.77. The zero-order valence-electron chi connectivity index (χ0n) is 15.9. The van der Waals surface area contributed by atoms with E-state index in [2.05, 4.69) is 22.5 Å². The summed E-state index contributed by atoms with van der Waals surface area (Å²) in [6.07, 6.45) is 1.67. The van der Waals surface area contributed by atoms with Crippen LogP contribution in [-0.4, -0.2) is 45.2 Å². The van der Waals surface area contributed by atoms with Crippen LogP contribution in [0.15, 0.2) is 61.2 Å². The van der Waals surface area contributed by atoms with Crippen molar-refractivity contribution in [2.75, 3.05) is 44.0 Å². The molecule has 0 atom stereocenters. The molecule has 0 saturated carbocycles. The molecule has 148 valence electrons. The summed E-state index contributed by atoms with van der Waals surface area (Å²) in [4.78, 5) is 24.0. The molecular formula is C21H25N3O4. The lowest BCUT2D eigenvalue weighted by Crippen LogP contribution is -2.26. The van der Waals surface area contributed by atoms with Gasteiger partial charge in [0.2, 0.25) is 5.91 Å². The topological polar surface area (TPSA) is 88.7 Å². The molecule has 2 amide bonds. The third-order valence-electron chi connectivity index (χ3n) is 3.70. The molecule has 28 heavy (non-hydrogen) atoms. The molecule has 7 nitrogen and oxygen atoms in total. The van der Waals surface area contributed by atoms with Crippen LogP contribution in [0.5, 0.6) is 5.75 Å². The number of amides is 2. The molecule has 0 aliphatic rings. The number of rotatable bonds is 11. The number of hydrogen-bond donors (Lipinski definition) is 3. The van der Waals surface area contributed by atoms with Crippen molar-refractivity contribution in [3.05, 3.63) is 66.7 Å². The fraction of sp³-hybridized carbons (Fsp3) is 0.238. The van der Waals surface area contributed by atoms with Gasteiger partial charge in [0, 0.05) is 30.6 Å². The van der Waals surface area contributed by atoms with Crippen LogP contribution in [0.4, 0.5) is 11.4 Å².